The molecule has 8 nitrogen and oxygen atoms in total. The number of amides is 2. The molecule has 0 aliphatic carbocycles. The predicted molar refractivity (Wildman–Crippen MR) is 146 cm³/mol. The number of rotatable bonds is 14. The van der Waals surface area contributed by atoms with Gasteiger partial charge in [-0.25, -0.2) is 0 Å². The number of nitrogens with one attached hydrogen (secondary N) is 2. The molecule has 0 unspecified atom stereocenters. The zero-order valence-corrected chi connectivity index (χ0v) is 22.4. The Hall–Kier alpha value is -4.20. The standard InChI is InChI=1S/C30H36N2O6/c1-5-6-7-8-17-38-27-20-21(15-16-26(27)37-4)28(31-29(33)22-11-9-13-24(18-22)35-2)32-30(34)23-12-10-14-25(19-23)36-3/h9-16,18-20,28H,5-8,17H2,1-4H3,(H,31,33)(H,32,34). The molecular formula is C30H36N2O6. The molecular weight excluding hydrogens is 484 g/mol. The molecule has 2 amide bonds. The molecule has 2 N–H and O–H groups in total. The first-order chi connectivity index (χ1) is 18.5. The summed E-state index contributed by atoms with van der Waals surface area (Å²) in [5.41, 5.74) is 1.42. The van der Waals surface area contributed by atoms with Crippen molar-refractivity contribution in [1.29, 1.82) is 0 Å². The molecule has 38 heavy (non-hydrogen) atoms. The number of unbranched alkanes of at least 4 members (excludes halogenated alkanes) is 3. The van der Waals surface area contributed by atoms with Gasteiger partial charge in [-0.1, -0.05) is 44.4 Å². The number of hydrogen-bond donors (Lipinski definition) is 2. The Balaban J connectivity index is 1.89. The van der Waals surface area contributed by atoms with E-state index >= 15 is 0 Å². The average Bonchev–Trinajstić information content (AvgIpc) is 2.96. The number of benzene rings is 3. The van der Waals surface area contributed by atoms with E-state index in [2.05, 4.69) is 17.6 Å². The Bertz CT molecular complexity index is 1150. The molecule has 3 aromatic rings. The first-order valence-corrected chi connectivity index (χ1v) is 12.7. The molecule has 0 spiro atoms. The van der Waals surface area contributed by atoms with Crippen LogP contribution in [0.5, 0.6) is 23.0 Å². The predicted octanol–water partition coefficient (Wildman–Crippen LogP) is 5.53. The van der Waals surface area contributed by atoms with Gasteiger partial charge in [-0.2, -0.15) is 0 Å². The molecule has 0 bridgehead atoms. The fourth-order valence-corrected chi connectivity index (χ4v) is 3.86. The van der Waals surface area contributed by atoms with Gasteiger partial charge in [0, 0.05) is 11.1 Å². The smallest absolute Gasteiger partial charge is 0.253 e. The van der Waals surface area contributed by atoms with Crippen LogP contribution in [0.2, 0.25) is 0 Å². The van der Waals surface area contributed by atoms with Crippen molar-refractivity contribution in [2.45, 2.75) is 38.8 Å². The maximum absolute atomic E-state index is 13.2. The van der Waals surface area contributed by atoms with E-state index in [1.165, 1.54) is 14.2 Å². The summed E-state index contributed by atoms with van der Waals surface area (Å²) in [6.45, 7) is 2.70. The molecule has 0 aliphatic rings. The highest BCUT2D eigenvalue weighted by molar-refractivity contribution is 5.97. The summed E-state index contributed by atoms with van der Waals surface area (Å²) in [5.74, 6) is 1.46. The molecule has 0 radical (unpaired) electrons. The van der Waals surface area contributed by atoms with Crippen LogP contribution in [0, 0.1) is 0 Å². The number of methoxy groups -OCH3 is 3. The number of ether oxygens (including phenoxy) is 4. The van der Waals surface area contributed by atoms with E-state index in [1.807, 2.05) is 0 Å². The van der Waals surface area contributed by atoms with Crippen molar-refractivity contribution in [3.05, 3.63) is 83.4 Å². The van der Waals surface area contributed by atoms with E-state index in [-0.39, 0.29) is 11.8 Å². The Morgan fingerprint density at radius 3 is 1.84 bits per heavy atom. The van der Waals surface area contributed by atoms with Crippen molar-refractivity contribution in [2.75, 3.05) is 27.9 Å². The maximum Gasteiger partial charge on any atom is 0.253 e. The van der Waals surface area contributed by atoms with Crippen LogP contribution in [-0.4, -0.2) is 39.8 Å². The van der Waals surface area contributed by atoms with Crippen LogP contribution < -0.4 is 29.6 Å². The maximum atomic E-state index is 13.2. The minimum absolute atomic E-state index is 0.377. The molecule has 3 aromatic carbocycles. The summed E-state index contributed by atoms with van der Waals surface area (Å²) in [5, 5.41) is 5.85. The summed E-state index contributed by atoms with van der Waals surface area (Å²) >= 11 is 0. The zero-order valence-electron chi connectivity index (χ0n) is 22.4. The number of hydrogen-bond acceptors (Lipinski definition) is 6. The molecule has 3 rings (SSSR count). The second kappa shape index (κ2) is 14.5. The minimum atomic E-state index is -0.860. The van der Waals surface area contributed by atoms with Crippen molar-refractivity contribution >= 4 is 11.8 Å². The lowest BCUT2D eigenvalue weighted by atomic mass is 10.1. The third kappa shape index (κ3) is 7.90. The van der Waals surface area contributed by atoms with Gasteiger partial charge in [-0.05, 0) is 60.5 Å². The first-order valence-electron chi connectivity index (χ1n) is 12.7. The van der Waals surface area contributed by atoms with E-state index in [0.29, 0.717) is 46.3 Å². The van der Waals surface area contributed by atoms with Gasteiger partial charge in [0.05, 0.1) is 27.9 Å². The highest BCUT2D eigenvalue weighted by Gasteiger charge is 2.21. The van der Waals surface area contributed by atoms with Gasteiger partial charge in [0.15, 0.2) is 11.5 Å². The van der Waals surface area contributed by atoms with Gasteiger partial charge in [-0.3, -0.25) is 9.59 Å². The molecule has 202 valence electrons. The quantitative estimate of drug-likeness (QED) is 0.214. The molecule has 0 atom stereocenters. The molecule has 0 fully saturated rings. The van der Waals surface area contributed by atoms with Crippen LogP contribution in [0.25, 0.3) is 0 Å². The topological polar surface area (TPSA) is 95.1 Å². The van der Waals surface area contributed by atoms with Crippen molar-refractivity contribution in [2.24, 2.45) is 0 Å². The molecule has 0 heterocycles. The van der Waals surface area contributed by atoms with E-state index in [4.69, 9.17) is 18.9 Å². The first kappa shape index (κ1) is 28.4. The second-order valence-electron chi connectivity index (χ2n) is 8.66. The van der Waals surface area contributed by atoms with Crippen LogP contribution in [-0.2, 0) is 0 Å². The van der Waals surface area contributed by atoms with E-state index in [9.17, 15) is 9.59 Å². The third-order valence-corrected chi connectivity index (χ3v) is 5.99. The van der Waals surface area contributed by atoms with Crippen LogP contribution in [0.3, 0.4) is 0 Å². The lowest BCUT2D eigenvalue weighted by Crippen LogP contribution is -2.41. The van der Waals surface area contributed by atoms with Crippen LogP contribution in [0.15, 0.2) is 66.7 Å². The van der Waals surface area contributed by atoms with Crippen molar-refractivity contribution in [3.63, 3.8) is 0 Å². The Kier molecular flexibility index (Phi) is 10.8. The van der Waals surface area contributed by atoms with Crippen LogP contribution >= 0.6 is 0 Å². The molecule has 8 heteroatoms. The largest absolute Gasteiger partial charge is 0.497 e. The normalized spacial score (nSPS) is 10.6. The van der Waals surface area contributed by atoms with Gasteiger partial charge in [-0.15, -0.1) is 0 Å². The van der Waals surface area contributed by atoms with Crippen LogP contribution in [0.4, 0.5) is 0 Å². The van der Waals surface area contributed by atoms with Crippen LogP contribution in [0.1, 0.15) is 65.1 Å². The Labute approximate surface area is 224 Å². The molecule has 0 saturated carbocycles. The van der Waals surface area contributed by atoms with Gasteiger partial charge in [0.2, 0.25) is 0 Å². The molecule has 0 aromatic heterocycles. The summed E-state index contributed by atoms with van der Waals surface area (Å²) in [6.07, 6.45) is 3.43. The number of carbonyl (C=O) groups excluding carboxylic acids is 2. The Morgan fingerprint density at radius 2 is 1.32 bits per heavy atom. The fraction of sp³-hybridized carbons (Fsp3) is 0.333. The minimum Gasteiger partial charge on any atom is -0.497 e. The summed E-state index contributed by atoms with van der Waals surface area (Å²) in [7, 11) is 4.65. The summed E-state index contributed by atoms with van der Waals surface area (Å²) in [6, 6.07) is 18.9. The molecule has 0 aliphatic heterocycles. The highest BCUT2D eigenvalue weighted by Crippen LogP contribution is 2.30. The average molecular weight is 521 g/mol. The van der Waals surface area contributed by atoms with Gasteiger partial charge in [0.25, 0.3) is 11.8 Å². The lowest BCUT2D eigenvalue weighted by Gasteiger charge is -2.22. The molecule has 0 saturated heterocycles. The lowest BCUT2D eigenvalue weighted by molar-refractivity contribution is 0.0882. The van der Waals surface area contributed by atoms with Crippen molar-refractivity contribution in [3.8, 4) is 23.0 Å². The number of carbonyl (C=O) groups is 2. The Morgan fingerprint density at radius 1 is 0.711 bits per heavy atom. The van der Waals surface area contributed by atoms with Gasteiger partial charge >= 0.3 is 0 Å². The van der Waals surface area contributed by atoms with E-state index in [0.717, 1.165) is 25.7 Å². The second-order valence-corrected chi connectivity index (χ2v) is 8.66. The monoisotopic (exact) mass is 520 g/mol. The van der Waals surface area contributed by atoms with Crippen molar-refractivity contribution in [1.82, 2.24) is 10.6 Å². The SMILES string of the molecule is CCCCCCOc1cc(C(NC(=O)c2cccc(OC)c2)NC(=O)c2cccc(OC)c2)ccc1OC. The highest BCUT2D eigenvalue weighted by atomic mass is 16.5. The van der Waals surface area contributed by atoms with Crippen molar-refractivity contribution < 1.29 is 28.5 Å². The third-order valence-electron chi connectivity index (χ3n) is 5.99. The van der Waals surface area contributed by atoms with Gasteiger partial charge < -0.3 is 29.6 Å². The summed E-state index contributed by atoms with van der Waals surface area (Å²) in [4.78, 5) is 26.4. The fourth-order valence-electron chi connectivity index (χ4n) is 3.86. The van der Waals surface area contributed by atoms with E-state index in [1.54, 1.807) is 73.8 Å². The zero-order chi connectivity index (χ0) is 27.3. The van der Waals surface area contributed by atoms with E-state index < -0.39 is 6.17 Å². The van der Waals surface area contributed by atoms with Gasteiger partial charge in [0.1, 0.15) is 17.7 Å². The summed E-state index contributed by atoms with van der Waals surface area (Å²) < 4.78 is 22.0.